The second-order valence-electron chi connectivity index (χ2n) is 6.46. The van der Waals surface area contributed by atoms with E-state index in [0.717, 1.165) is 0 Å². The van der Waals surface area contributed by atoms with E-state index in [1.807, 2.05) is 0 Å². The van der Waals surface area contributed by atoms with Crippen molar-refractivity contribution in [2.24, 2.45) is 0 Å². The van der Waals surface area contributed by atoms with Crippen LogP contribution in [-0.2, 0) is 9.59 Å². The van der Waals surface area contributed by atoms with Crippen molar-refractivity contribution in [1.29, 1.82) is 0 Å². The van der Waals surface area contributed by atoms with Crippen molar-refractivity contribution in [3.05, 3.63) is 42.5 Å². The smallest absolute Gasteiger partial charge is 0.497 e. The molecule has 0 saturated heterocycles. The first kappa shape index (κ1) is 20.3. The lowest BCUT2D eigenvalue weighted by Gasteiger charge is -2.14. The number of nitrogens with one attached hydrogen (secondary N) is 3. The van der Waals surface area contributed by atoms with E-state index in [9.17, 15) is 18.4 Å². The van der Waals surface area contributed by atoms with Crippen LogP contribution in [0.1, 0.15) is 0 Å². The second-order valence-corrected chi connectivity index (χ2v) is 6.46. The lowest BCUT2D eigenvalue weighted by atomic mass is 10.2. The minimum absolute atomic E-state index is 0.000629. The number of ether oxygens (including phenoxy) is 3. The molecule has 8 nitrogen and oxygen atoms in total. The Morgan fingerprint density at radius 2 is 1.52 bits per heavy atom. The summed E-state index contributed by atoms with van der Waals surface area (Å²) in [5.74, 6) is -0.232. The summed E-state index contributed by atoms with van der Waals surface area (Å²) in [4.78, 5) is 24.9. The third-order valence-corrected chi connectivity index (χ3v) is 3.98. The minimum atomic E-state index is -3.72. The molecule has 0 aliphatic carbocycles. The van der Waals surface area contributed by atoms with Crippen molar-refractivity contribution >= 4 is 23.2 Å². The standard InChI is InChI=1S/C19H19F2N3O5/c1-24(10-17(25)22-12-3-6-14(27-2)7-4-12)11-18(26)23-13-5-8-15-16(9-13)29-19(20,21)28-15/h3-9H,10-11H2,1-2H3,(H,22,25)(H,23,26)/p+1. The number of carbonyl (C=O) groups is 2. The Morgan fingerprint density at radius 1 is 0.966 bits per heavy atom. The fourth-order valence-corrected chi connectivity index (χ4v) is 2.72. The zero-order valence-corrected chi connectivity index (χ0v) is 15.8. The fraction of sp³-hybridized carbons (Fsp3) is 0.263. The molecule has 29 heavy (non-hydrogen) atoms. The predicted molar refractivity (Wildman–Crippen MR) is 99.5 cm³/mol. The van der Waals surface area contributed by atoms with E-state index in [-0.39, 0.29) is 42.1 Å². The molecule has 1 aliphatic rings. The molecule has 0 bridgehead atoms. The molecular weight excluding hydrogens is 388 g/mol. The molecule has 1 unspecified atom stereocenters. The summed E-state index contributed by atoms with van der Waals surface area (Å²) in [6.07, 6.45) is -3.72. The molecule has 0 saturated carbocycles. The van der Waals surface area contributed by atoms with Gasteiger partial charge in [-0.2, -0.15) is 0 Å². The van der Waals surface area contributed by atoms with Gasteiger partial charge in [-0.15, -0.1) is 8.78 Å². The summed E-state index contributed by atoms with van der Waals surface area (Å²) in [6, 6.07) is 10.8. The summed E-state index contributed by atoms with van der Waals surface area (Å²) in [6.45, 7) is 0.0629. The predicted octanol–water partition coefficient (Wildman–Crippen LogP) is 1.11. The molecule has 1 atom stereocenters. The van der Waals surface area contributed by atoms with E-state index in [2.05, 4.69) is 20.1 Å². The summed E-state index contributed by atoms with van der Waals surface area (Å²) >= 11 is 0. The van der Waals surface area contributed by atoms with Gasteiger partial charge in [-0.05, 0) is 36.4 Å². The van der Waals surface area contributed by atoms with Crippen molar-refractivity contribution in [3.8, 4) is 17.2 Å². The molecular formula is C19H20F2N3O5+. The minimum Gasteiger partial charge on any atom is -0.497 e. The Kier molecular flexibility index (Phi) is 5.83. The van der Waals surface area contributed by atoms with Gasteiger partial charge in [-0.25, -0.2) is 0 Å². The van der Waals surface area contributed by atoms with Gasteiger partial charge in [0.05, 0.1) is 14.2 Å². The van der Waals surface area contributed by atoms with Crippen molar-refractivity contribution in [1.82, 2.24) is 0 Å². The number of rotatable bonds is 7. The normalized spacial score (nSPS) is 14.8. The molecule has 0 radical (unpaired) electrons. The van der Waals surface area contributed by atoms with Crippen LogP contribution in [0.15, 0.2) is 42.5 Å². The molecule has 2 aromatic carbocycles. The summed E-state index contributed by atoms with van der Waals surface area (Å²) in [5.41, 5.74) is 0.899. The zero-order valence-electron chi connectivity index (χ0n) is 15.8. The number of likely N-dealkylation sites (N-methyl/N-ethyl adjacent to an activating group) is 1. The van der Waals surface area contributed by atoms with Gasteiger partial charge in [-0.3, -0.25) is 9.59 Å². The average molecular weight is 408 g/mol. The number of quaternary nitrogens is 1. The number of halogens is 2. The van der Waals surface area contributed by atoms with Crippen molar-refractivity contribution in [2.45, 2.75) is 6.29 Å². The second kappa shape index (κ2) is 8.31. The number of fused-ring (bicyclic) bond motifs is 1. The van der Waals surface area contributed by atoms with Crippen LogP contribution in [0.5, 0.6) is 17.2 Å². The lowest BCUT2D eigenvalue weighted by molar-refractivity contribution is -0.862. The molecule has 10 heteroatoms. The van der Waals surface area contributed by atoms with E-state index in [1.165, 1.54) is 18.2 Å². The van der Waals surface area contributed by atoms with Crippen LogP contribution in [-0.4, -0.2) is 45.4 Å². The van der Waals surface area contributed by atoms with Crippen molar-refractivity contribution in [3.63, 3.8) is 0 Å². The molecule has 0 spiro atoms. The average Bonchev–Trinajstić information content (AvgIpc) is 2.95. The van der Waals surface area contributed by atoms with E-state index in [0.29, 0.717) is 16.3 Å². The maximum Gasteiger partial charge on any atom is 0.586 e. The highest BCUT2D eigenvalue weighted by molar-refractivity contribution is 5.93. The Labute approximate surface area is 165 Å². The number of carbonyl (C=O) groups excluding carboxylic acids is 2. The van der Waals surface area contributed by atoms with Crippen LogP contribution in [0.4, 0.5) is 20.2 Å². The van der Waals surface area contributed by atoms with Gasteiger partial charge < -0.3 is 29.7 Å². The molecule has 2 amide bonds. The van der Waals surface area contributed by atoms with Crippen LogP contribution in [0.25, 0.3) is 0 Å². The molecule has 2 aromatic rings. The third-order valence-electron chi connectivity index (χ3n) is 3.98. The van der Waals surface area contributed by atoms with E-state index >= 15 is 0 Å². The number of hydrogen-bond donors (Lipinski definition) is 3. The van der Waals surface area contributed by atoms with Gasteiger partial charge in [0, 0.05) is 17.4 Å². The van der Waals surface area contributed by atoms with Crippen molar-refractivity contribution < 1.29 is 37.5 Å². The number of benzene rings is 2. The lowest BCUT2D eigenvalue weighted by Crippen LogP contribution is -3.11. The maximum absolute atomic E-state index is 13.0. The van der Waals surface area contributed by atoms with Crippen LogP contribution in [0.3, 0.4) is 0 Å². The summed E-state index contributed by atoms with van der Waals surface area (Å²) < 4.78 is 39.8. The number of amides is 2. The largest absolute Gasteiger partial charge is 0.586 e. The molecule has 3 N–H and O–H groups in total. The van der Waals surface area contributed by atoms with Crippen molar-refractivity contribution in [2.75, 3.05) is 37.9 Å². The molecule has 0 aromatic heterocycles. The Balaban J connectivity index is 1.47. The van der Waals surface area contributed by atoms with Crippen LogP contribution in [0.2, 0.25) is 0 Å². The van der Waals surface area contributed by atoms with Gasteiger partial charge in [0.25, 0.3) is 11.8 Å². The Morgan fingerprint density at radius 3 is 2.14 bits per heavy atom. The van der Waals surface area contributed by atoms with Gasteiger partial charge in [0.1, 0.15) is 5.75 Å². The zero-order chi connectivity index (χ0) is 21.0. The van der Waals surface area contributed by atoms with Gasteiger partial charge in [0.2, 0.25) is 0 Å². The fourth-order valence-electron chi connectivity index (χ4n) is 2.72. The monoisotopic (exact) mass is 408 g/mol. The number of hydrogen-bond acceptors (Lipinski definition) is 5. The number of methoxy groups -OCH3 is 1. The first-order valence-corrected chi connectivity index (χ1v) is 8.69. The van der Waals surface area contributed by atoms with Crippen LogP contribution in [0, 0.1) is 0 Å². The topological polar surface area (TPSA) is 90.3 Å². The van der Waals surface area contributed by atoms with E-state index in [1.54, 1.807) is 38.4 Å². The summed E-state index contributed by atoms with van der Waals surface area (Å²) in [7, 11) is 3.24. The first-order valence-electron chi connectivity index (χ1n) is 8.69. The highest BCUT2D eigenvalue weighted by atomic mass is 19.3. The van der Waals surface area contributed by atoms with Crippen LogP contribution >= 0.6 is 0 Å². The van der Waals surface area contributed by atoms with Gasteiger partial charge in [-0.1, -0.05) is 0 Å². The molecule has 1 aliphatic heterocycles. The Bertz CT molecular complexity index is 905. The highest BCUT2D eigenvalue weighted by Crippen LogP contribution is 2.42. The maximum atomic E-state index is 13.0. The number of anilines is 2. The van der Waals surface area contributed by atoms with Crippen LogP contribution < -0.4 is 29.7 Å². The van der Waals surface area contributed by atoms with Gasteiger partial charge >= 0.3 is 6.29 Å². The SMILES string of the molecule is COc1ccc(NC(=O)C[NH+](C)CC(=O)Nc2ccc3c(c2)OC(F)(F)O3)cc1. The Hall–Kier alpha value is -3.40. The number of alkyl halides is 2. The first-order chi connectivity index (χ1) is 13.7. The molecule has 3 rings (SSSR count). The summed E-state index contributed by atoms with van der Waals surface area (Å²) in [5, 5.41) is 5.31. The van der Waals surface area contributed by atoms with E-state index in [4.69, 9.17) is 4.74 Å². The molecule has 154 valence electrons. The van der Waals surface area contributed by atoms with E-state index < -0.39 is 6.29 Å². The quantitative estimate of drug-likeness (QED) is 0.639. The molecule has 1 heterocycles. The third kappa shape index (κ3) is 5.55. The molecule has 0 fully saturated rings. The van der Waals surface area contributed by atoms with Gasteiger partial charge in [0.15, 0.2) is 24.6 Å². The highest BCUT2D eigenvalue weighted by Gasteiger charge is 2.43.